The zero-order valence-electron chi connectivity index (χ0n) is 14.0. The van der Waals surface area contributed by atoms with Crippen molar-refractivity contribution in [2.75, 3.05) is 26.9 Å². The number of benzene rings is 1. The van der Waals surface area contributed by atoms with E-state index < -0.39 is 5.97 Å². The number of hydrogen-bond acceptors (Lipinski definition) is 5. The van der Waals surface area contributed by atoms with E-state index in [4.69, 9.17) is 9.47 Å². The molecule has 0 atom stereocenters. The number of ether oxygens (including phenoxy) is 2. The first-order valence-electron chi connectivity index (χ1n) is 7.69. The van der Waals surface area contributed by atoms with Crippen molar-refractivity contribution in [2.24, 2.45) is 0 Å². The fourth-order valence-electron chi connectivity index (χ4n) is 2.52. The summed E-state index contributed by atoms with van der Waals surface area (Å²) in [4.78, 5) is 26.5. The number of allylic oxidation sites excluding steroid dienone is 1. The van der Waals surface area contributed by atoms with Crippen LogP contribution >= 0.6 is 0 Å². The molecule has 1 aromatic carbocycles. The molecule has 1 N–H and O–H groups in total. The van der Waals surface area contributed by atoms with E-state index in [9.17, 15) is 14.7 Å². The van der Waals surface area contributed by atoms with Gasteiger partial charge in [-0.1, -0.05) is 12.1 Å². The Morgan fingerprint density at radius 1 is 1.29 bits per heavy atom. The summed E-state index contributed by atoms with van der Waals surface area (Å²) in [7, 11) is 1.55. The molecule has 0 bridgehead atoms. The van der Waals surface area contributed by atoms with Gasteiger partial charge in [0.15, 0.2) is 0 Å². The van der Waals surface area contributed by atoms with Crippen LogP contribution in [0.3, 0.4) is 0 Å². The highest BCUT2D eigenvalue weighted by molar-refractivity contribution is 6.16. The van der Waals surface area contributed by atoms with Crippen molar-refractivity contribution in [3.63, 3.8) is 0 Å². The molecule has 0 aliphatic carbocycles. The van der Waals surface area contributed by atoms with Crippen LogP contribution in [0.5, 0.6) is 5.75 Å². The number of aromatic hydroxyl groups is 1. The number of methoxy groups -OCH3 is 1. The number of carbonyl (C=O) groups excluding carboxylic acids is 2. The van der Waals surface area contributed by atoms with E-state index in [-0.39, 0.29) is 29.4 Å². The number of hydrogen-bond donors (Lipinski definition) is 1. The Balaban J connectivity index is 2.44. The van der Waals surface area contributed by atoms with Gasteiger partial charge in [-0.3, -0.25) is 4.79 Å². The van der Waals surface area contributed by atoms with Crippen LogP contribution in [0.4, 0.5) is 0 Å². The fourth-order valence-corrected chi connectivity index (χ4v) is 2.52. The molecular weight excluding hydrogens is 310 g/mol. The quantitative estimate of drug-likeness (QED) is 0.638. The van der Waals surface area contributed by atoms with Crippen molar-refractivity contribution in [2.45, 2.75) is 13.8 Å². The van der Waals surface area contributed by atoms with E-state index >= 15 is 0 Å². The lowest BCUT2D eigenvalue weighted by atomic mass is 10.0. The van der Waals surface area contributed by atoms with Gasteiger partial charge in [-0.05, 0) is 37.6 Å². The second kappa shape index (κ2) is 7.79. The predicted molar refractivity (Wildman–Crippen MR) is 89.0 cm³/mol. The first-order chi connectivity index (χ1) is 11.5. The standard InChI is InChI=1S/C18H21NO5/c1-4-24-18(22)16-12(2)19(9-10-23-3)17(21)15(16)11-13-5-7-14(20)8-6-13/h5-8,11,20H,4,9-10H2,1-3H3/b15-11-. The van der Waals surface area contributed by atoms with Crippen LogP contribution in [-0.4, -0.2) is 48.8 Å². The van der Waals surface area contributed by atoms with Crippen molar-refractivity contribution < 1.29 is 24.2 Å². The lowest BCUT2D eigenvalue weighted by Crippen LogP contribution is -2.28. The van der Waals surface area contributed by atoms with Crippen LogP contribution in [-0.2, 0) is 19.1 Å². The second-order valence-corrected chi connectivity index (χ2v) is 5.28. The minimum Gasteiger partial charge on any atom is -0.508 e. The summed E-state index contributed by atoms with van der Waals surface area (Å²) < 4.78 is 10.1. The molecule has 1 heterocycles. The first-order valence-corrected chi connectivity index (χ1v) is 7.69. The molecule has 0 radical (unpaired) electrons. The smallest absolute Gasteiger partial charge is 0.340 e. The first kappa shape index (κ1) is 17.7. The zero-order valence-corrected chi connectivity index (χ0v) is 14.0. The molecule has 0 saturated carbocycles. The summed E-state index contributed by atoms with van der Waals surface area (Å²) in [5.41, 5.74) is 1.82. The van der Waals surface area contributed by atoms with Gasteiger partial charge in [-0.2, -0.15) is 0 Å². The van der Waals surface area contributed by atoms with E-state index in [1.807, 2.05) is 0 Å². The van der Waals surface area contributed by atoms with E-state index in [0.717, 1.165) is 0 Å². The number of amides is 1. The molecule has 2 rings (SSSR count). The zero-order chi connectivity index (χ0) is 17.7. The highest BCUT2D eigenvalue weighted by Crippen LogP contribution is 2.31. The Kier molecular flexibility index (Phi) is 5.76. The van der Waals surface area contributed by atoms with Crippen LogP contribution in [0.25, 0.3) is 6.08 Å². The maximum atomic E-state index is 12.7. The highest BCUT2D eigenvalue weighted by atomic mass is 16.5. The van der Waals surface area contributed by atoms with Crippen molar-refractivity contribution in [1.29, 1.82) is 0 Å². The number of rotatable bonds is 6. The van der Waals surface area contributed by atoms with Crippen LogP contribution in [0, 0.1) is 0 Å². The second-order valence-electron chi connectivity index (χ2n) is 5.28. The van der Waals surface area contributed by atoms with E-state index in [1.54, 1.807) is 39.2 Å². The molecule has 0 aromatic heterocycles. The minimum absolute atomic E-state index is 0.133. The number of phenols is 1. The van der Waals surface area contributed by atoms with Gasteiger partial charge >= 0.3 is 5.97 Å². The molecule has 0 saturated heterocycles. The summed E-state index contributed by atoms with van der Waals surface area (Å²) in [6.45, 7) is 4.39. The molecule has 6 nitrogen and oxygen atoms in total. The normalized spacial score (nSPS) is 16.2. The van der Waals surface area contributed by atoms with Crippen molar-refractivity contribution in [3.05, 3.63) is 46.7 Å². The van der Waals surface area contributed by atoms with Gasteiger partial charge in [-0.15, -0.1) is 0 Å². The third-order valence-corrected chi connectivity index (χ3v) is 3.71. The largest absolute Gasteiger partial charge is 0.508 e. The third kappa shape index (κ3) is 3.65. The average Bonchev–Trinajstić information content (AvgIpc) is 2.78. The molecule has 1 aliphatic rings. The average molecular weight is 331 g/mol. The van der Waals surface area contributed by atoms with E-state index in [0.29, 0.717) is 24.4 Å². The summed E-state index contributed by atoms with van der Waals surface area (Å²) in [6, 6.07) is 6.39. The minimum atomic E-state index is -0.520. The molecule has 0 unspecified atom stereocenters. The number of nitrogens with zero attached hydrogens (tertiary/aromatic N) is 1. The Bertz CT molecular complexity index is 688. The van der Waals surface area contributed by atoms with Crippen molar-refractivity contribution in [3.8, 4) is 5.75 Å². The molecule has 1 aromatic rings. The van der Waals surface area contributed by atoms with Crippen molar-refractivity contribution in [1.82, 2.24) is 4.90 Å². The Labute approximate surface area is 141 Å². The third-order valence-electron chi connectivity index (χ3n) is 3.71. The predicted octanol–water partition coefficient (Wildman–Crippen LogP) is 2.10. The number of carbonyl (C=O) groups is 2. The molecule has 6 heteroatoms. The highest BCUT2D eigenvalue weighted by Gasteiger charge is 2.36. The SMILES string of the molecule is CCOC(=O)C1=C(C)N(CCOC)C(=O)/C1=C\c1ccc(O)cc1. The van der Waals surface area contributed by atoms with E-state index in [1.165, 1.54) is 17.0 Å². The Hall–Kier alpha value is -2.60. The van der Waals surface area contributed by atoms with Gasteiger partial charge < -0.3 is 19.5 Å². The summed E-state index contributed by atoms with van der Waals surface area (Å²) in [5.74, 6) is -0.650. The fraction of sp³-hybridized carbons (Fsp3) is 0.333. The summed E-state index contributed by atoms with van der Waals surface area (Å²) in [6.07, 6.45) is 1.63. The lowest BCUT2D eigenvalue weighted by molar-refractivity contribution is -0.138. The van der Waals surface area contributed by atoms with Gasteiger partial charge in [0.1, 0.15) is 5.75 Å². The molecule has 128 valence electrons. The number of phenolic OH excluding ortho intramolecular Hbond substituents is 1. The molecule has 0 spiro atoms. The maximum absolute atomic E-state index is 12.7. The van der Waals surface area contributed by atoms with Crippen LogP contribution in [0.2, 0.25) is 0 Å². The molecular formula is C18H21NO5. The molecule has 0 fully saturated rings. The molecule has 24 heavy (non-hydrogen) atoms. The van der Waals surface area contributed by atoms with Crippen LogP contribution in [0.15, 0.2) is 41.1 Å². The lowest BCUT2D eigenvalue weighted by Gasteiger charge is -2.16. The van der Waals surface area contributed by atoms with Crippen LogP contribution < -0.4 is 0 Å². The molecule has 1 amide bonds. The van der Waals surface area contributed by atoms with Gasteiger partial charge in [0, 0.05) is 19.4 Å². The van der Waals surface area contributed by atoms with Gasteiger partial charge in [0.05, 0.1) is 24.4 Å². The number of esters is 1. The summed E-state index contributed by atoms with van der Waals surface area (Å²) in [5, 5.41) is 9.37. The van der Waals surface area contributed by atoms with E-state index in [2.05, 4.69) is 0 Å². The van der Waals surface area contributed by atoms with Crippen molar-refractivity contribution >= 4 is 18.0 Å². The topological polar surface area (TPSA) is 76.1 Å². The summed E-state index contributed by atoms with van der Waals surface area (Å²) >= 11 is 0. The van der Waals surface area contributed by atoms with Gasteiger partial charge in [-0.25, -0.2) is 4.79 Å². The maximum Gasteiger partial charge on any atom is 0.340 e. The Morgan fingerprint density at radius 2 is 1.96 bits per heavy atom. The molecule has 1 aliphatic heterocycles. The monoisotopic (exact) mass is 331 g/mol. The van der Waals surface area contributed by atoms with Gasteiger partial charge in [0.25, 0.3) is 5.91 Å². The van der Waals surface area contributed by atoms with Gasteiger partial charge in [0.2, 0.25) is 0 Å². The Morgan fingerprint density at radius 3 is 2.54 bits per heavy atom. The van der Waals surface area contributed by atoms with Crippen LogP contribution in [0.1, 0.15) is 19.4 Å².